The quantitative estimate of drug-likeness (QED) is 0.773. The molecule has 2 aromatic heterocycles. The number of hydrogen-bond acceptors (Lipinski definition) is 4. The Morgan fingerprint density at radius 1 is 1.47 bits per heavy atom. The zero-order valence-corrected chi connectivity index (χ0v) is 8.75. The predicted octanol–water partition coefficient (Wildman–Crippen LogP) is 1.43. The van der Waals surface area contributed by atoms with Gasteiger partial charge in [0.2, 0.25) is 0 Å². The summed E-state index contributed by atoms with van der Waals surface area (Å²) >= 11 is 1.32. The van der Waals surface area contributed by atoms with Crippen LogP contribution in [-0.4, -0.2) is 4.57 Å². The average molecular weight is 223 g/mol. The van der Waals surface area contributed by atoms with Crippen LogP contribution in [0.25, 0.3) is 10.2 Å². The summed E-state index contributed by atoms with van der Waals surface area (Å²) in [5.74, 6) is 0.0521. The van der Waals surface area contributed by atoms with E-state index in [-0.39, 0.29) is 0 Å². The van der Waals surface area contributed by atoms with Crippen LogP contribution in [0.4, 0.5) is 0 Å². The van der Waals surface area contributed by atoms with Gasteiger partial charge in [0.05, 0.1) is 5.52 Å². The van der Waals surface area contributed by atoms with Crippen LogP contribution in [0.3, 0.4) is 0 Å². The van der Waals surface area contributed by atoms with E-state index in [0.29, 0.717) is 22.7 Å². The zero-order chi connectivity index (χ0) is 10.4. The molecule has 0 spiro atoms. The van der Waals surface area contributed by atoms with Crippen molar-refractivity contribution in [3.8, 4) is 0 Å². The molecule has 1 aliphatic rings. The molecule has 1 saturated carbocycles. The number of nitrogens with zero attached hydrogens (tertiary/aromatic N) is 1. The molecular formula is C10H9NO3S. The Kier molecular flexibility index (Phi) is 1.82. The molecule has 15 heavy (non-hydrogen) atoms. The van der Waals surface area contributed by atoms with Crippen molar-refractivity contribution in [2.24, 2.45) is 5.92 Å². The van der Waals surface area contributed by atoms with E-state index in [2.05, 4.69) is 4.42 Å². The fraction of sp³-hybridized carbons (Fsp3) is 0.400. The lowest BCUT2D eigenvalue weighted by Crippen LogP contribution is -2.24. The maximum absolute atomic E-state index is 11.5. The van der Waals surface area contributed by atoms with Gasteiger partial charge in [-0.2, -0.15) is 0 Å². The first-order chi connectivity index (χ1) is 7.25. The van der Waals surface area contributed by atoms with Gasteiger partial charge in [-0.25, -0.2) is 9.59 Å². The topological polar surface area (TPSA) is 52.2 Å². The van der Waals surface area contributed by atoms with E-state index in [0.717, 1.165) is 12.8 Å². The smallest absolute Gasteiger partial charge is 0.371 e. The lowest BCUT2D eigenvalue weighted by Gasteiger charge is -2.03. The van der Waals surface area contributed by atoms with Gasteiger partial charge in [0.25, 0.3) is 0 Å². The summed E-state index contributed by atoms with van der Waals surface area (Å²) < 4.78 is 6.78. The van der Waals surface area contributed by atoms with Crippen LogP contribution >= 0.6 is 11.3 Å². The van der Waals surface area contributed by atoms with Crippen molar-refractivity contribution in [1.82, 2.24) is 4.57 Å². The summed E-state index contributed by atoms with van der Waals surface area (Å²) in [5.41, 5.74) is 0.199. The molecule has 0 atom stereocenters. The summed E-state index contributed by atoms with van der Waals surface area (Å²) in [4.78, 5) is 22.9. The highest BCUT2D eigenvalue weighted by molar-refractivity contribution is 7.17. The Hall–Kier alpha value is -1.36. The SMILES string of the molecule is O=c1oc(=O)n(CC2CC2)c2ccsc12. The average Bonchev–Trinajstić information content (AvgIpc) is 2.87. The largest absolute Gasteiger partial charge is 0.422 e. The first-order valence-corrected chi connectivity index (χ1v) is 5.75. The minimum atomic E-state index is -0.530. The molecule has 0 aromatic carbocycles. The van der Waals surface area contributed by atoms with Gasteiger partial charge in [-0.15, -0.1) is 11.3 Å². The molecule has 0 N–H and O–H groups in total. The van der Waals surface area contributed by atoms with Gasteiger partial charge >= 0.3 is 11.4 Å². The molecule has 0 aliphatic heterocycles. The third-order valence-electron chi connectivity index (χ3n) is 2.66. The van der Waals surface area contributed by atoms with E-state index in [1.165, 1.54) is 11.3 Å². The van der Waals surface area contributed by atoms with Crippen LogP contribution in [0.1, 0.15) is 12.8 Å². The predicted molar refractivity (Wildman–Crippen MR) is 57.3 cm³/mol. The fourth-order valence-electron chi connectivity index (χ4n) is 1.68. The lowest BCUT2D eigenvalue weighted by molar-refractivity contribution is 0.410. The second-order valence-electron chi connectivity index (χ2n) is 3.84. The van der Waals surface area contributed by atoms with Crippen molar-refractivity contribution in [3.05, 3.63) is 32.4 Å². The molecule has 0 amide bonds. The number of rotatable bonds is 2. The van der Waals surface area contributed by atoms with Crippen molar-refractivity contribution in [2.45, 2.75) is 19.4 Å². The first-order valence-electron chi connectivity index (χ1n) is 4.87. The van der Waals surface area contributed by atoms with E-state index in [4.69, 9.17) is 0 Å². The third-order valence-corrected chi connectivity index (χ3v) is 3.54. The Balaban J connectivity index is 2.29. The van der Waals surface area contributed by atoms with E-state index >= 15 is 0 Å². The molecule has 0 radical (unpaired) electrons. The summed E-state index contributed by atoms with van der Waals surface area (Å²) in [6.07, 6.45) is 2.33. The molecule has 78 valence electrons. The van der Waals surface area contributed by atoms with Crippen molar-refractivity contribution in [1.29, 1.82) is 0 Å². The lowest BCUT2D eigenvalue weighted by atomic mass is 10.4. The fourth-order valence-corrected chi connectivity index (χ4v) is 2.45. The van der Waals surface area contributed by atoms with Crippen molar-refractivity contribution in [3.63, 3.8) is 0 Å². The van der Waals surface area contributed by atoms with Gasteiger partial charge in [0, 0.05) is 6.54 Å². The van der Waals surface area contributed by atoms with Gasteiger partial charge in [0.1, 0.15) is 4.70 Å². The highest BCUT2D eigenvalue weighted by atomic mass is 32.1. The number of aromatic nitrogens is 1. The van der Waals surface area contributed by atoms with E-state index in [1.807, 2.05) is 5.38 Å². The van der Waals surface area contributed by atoms with Gasteiger partial charge in [0.15, 0.2) is 0 Å². The minimum Gasteiger partial charge on any atom is -0.371 e. The minimum absolute atomic E-state index is 0.517. The van der Waals surface area contributed by atoms with Crippen LogP contribution in [0, 0.1) is 5.92 Å². The maximum atomic E-state index is 11.5. The summed E-state index contributed by atoms with van der Waals surface area (Å²) in [6.45, 7) is 0.676. The van der Waals surface area contributed by atoms with Crippen molar-refractivity contribution >= 4 is 21.6 Å². The van der Waals surface area contributed by atoms with E-state index < -0.39 is 11.4 Å². The molecule has 3 rings (SSSR count). The summed E-state index contributed by atoms with van der Waals surface area (Å²) in [7, 11) is 0. The maximum Gasteiger partial charge on any atom is 0.422 e. The normalized spacial score (nSPS) is 16.0. The first kappa shape index (κ1) is 8.91. The second-order valence-corrected chi connectivity index (χ2v) is 4.76. The Morgan fingerprint density at radius 3 is 3.00 bits per heavy atom. The zero-order valence-electron chi connectivity index (χ0n) is 7.93. The van der Waals surface area contributed by atoms with Crippen LogP contribution in [0.15, 0.2) is 25.5 Å². The molecular weight excluding hydrogens is 214 g/mol. The molecule has 1 fully saturated rings. The summed E-state index contributed by atoms with van der Waals surface area (Å²) in [5, 5.41) is 1.81. The molecule has 0 unspecified atom stereocenters. The molecule has 4 nitrogen and oxygen atoms in total. The van der Waals surface area contributed by atoms with Crippen LogP contribution in [0.2, 0.25) is 0 Å². The van der Waals surface area contributed by atoms with Gasteiger partial charge in [-0.05, 0) is 30.2 Å². The molecule has 2 aromatic rings. The van der Waals surface area contributed by atoms with Crippen LogP contribution in [0.5, 0.6) is 0 Å². The van der Waals surface area contributed by atoms with E-state index in [1.54, 1.807) is 10.6 Å². The highest BCUT2D eigenvalue weighted by Gasteiger charge is 2.24. The Bertz CT molecular complexity index is 617. The Labute approximate surface area is 88.8 Å². The molecule has 0 bridgehead atoms. The number of thiophene rings is 1. The van der Waals surface area contributed by atoms with Crippen LogP contribution < -0.4 is 11.4 Å². The molecule has 1 aliphatic carbocycles. The van der Waals surface area contributed by atoms with Crippen molar-refractivity contribution in [2.75, 3.05) is 0 Å². The van der Waals surface area contributed by atoms with Crippen molar-refractivity contribution < 1.29 is 4.42 Å². The van der Waals surface area contributed by atoms with Gasteiger partial charge in [-0.1, -0.05) is 0 Å². The summed E-state index contributed by atoms with van der Waals surface area (Å²) in [6, 6.07) is 1.81. The number of hydrogen-bond donors (Lipinski definition) is 0. The highest BCUT2D eigenvalue weighted by Crippen LogP contribution is 2.31. The molecule has 5 heteroatoms. The standard InChI is InChI=1S/C10H9NO3S/c12-9-8-7(3-4-15-8)11(10(13)14-9)5-6-1-2-6/h3-4,6H,1-2,5H2. The third kappa shape index (κ3) is 1.43. The number of fused-ring (bicyclic) bond motifs is 1. The van der Waals surface area contributed by atoms with E-state index in [9.17, 15) is 9.59 Å². The molecule has 0 saturated heterocycles. The monoisotopic (exact) mass is 223 g/mol. The molecule has 2 heterocycles. The second kappa shape index (κ2) is 3.06. The van der Waals surface area contributed by atoms with Gasteiger partial charge < -0.3 is 4.42 Å². The Morgan fingerprint density at radius 2 is 2.27 bits per heavy atom. The van der Waals surface area contributed by atoms with Gasteiger partial charge in [-0.3, -0.25) is 4.57 Å². The van der Waals surface area contributed by atoms with Crippen LogP contribution in [-0.2, 0) is 6.54 Å².